The number of likely N-dealkylation sites (tertiary alicyclic amines) is 1. The van der Waals surface area contributed by atoms with E-state index in [9.17, 15) is 24.0 Å². The van der Waals surface area contributed by atoms with Crippen molar-refractivity contribution in [1.82, 2.24) is 20.9 Å². The number of nitrogens with one attached hydrogen (secondary N) is 3. The van der Waals surface area contributed by atoms with Crippen molar-refractivity contribution in [3.05, 3.63) is 11.5 Å². The van der Waals surface area contributed by atoms with Gasteiger partial charge in [-0.25, -0.2) is 4.79 Å². The molecule has 2 unspecified atom stereocenters. The van der Waals surface area contributed by atoms with Gasteiger partial charge in [0.15, 0.2) is 0 Å². The molecular formula is C33H51N5O5S. The standard InChI is InChI=1S/C33H51N5O5S/c1-31(2,3)26(36-30(43)37-33(13-7-6-8-14-33)17-20-10-9-15-44-20)29(42)38-18-21-23(32(21,4)5)24(38)28(41)35-22(16-19-11-12-19)25(39)27(34)40/h9,15,19-24,26H,6-8,10-14,16-18H2,1-5H3,(H2,34,40)(H,35,41)(H2,36,37,43)/t20?,21-,22?,23-,24-,26+/m0/s1. The zero-order valence-corrected chi connectivity index (χ0v) is 27.8. The van der Waals surface area contributed by atoms with Crippen molar-refractivity contribution in [2.24, 2.45) is 34.3 Å². The third-order valence-corrected chi connectivity index (χ3v) is 12.0. The monoisotopic (exact) mass is 629 g/mol. The molecule has 5 aliphatic rings. The van der Waals surface area contributed by atoms with E-state index in [1.807, 2.05) is 32.5 Å². The summed E-state index contributed by atoms with van der Waals surface area (Å²) in [4.78, 5) is 67.9. The molecule has 11 heteroatoms. The number of amides is 5. The van der Waals surface area contributed by atoms with Gasteiger partial charge in [0.05, 0.1) is 6.04 Å². The Morgan fingerprint density at radius 3 is 2.30 bits per heavy atom. The fourth-order valence-electron chi connectivity index (χ4n) is 7.99. The van der Waals surface area contributed by atoms with Crippen LogP contribution in [0, 0.1) is 28.6 Å². The Morgan fingerprint density at radius 1 is 1.05 bits per heavy atom. The van der Waals surface area contributed by atoms with Gasteiger partial charge < -0.3 is 26.6 Å². The molecule has 2 heterocycles. The SMILES string of the molecule is CC(C)(C)[C@H](NC(=O)NC1(CC2CC=CS2)CCCCC1)C(=O)N1C[C@H]2[C@@H]([C@H]1C(=O)NC(CC1CC1)C(=O)C(N)=O)C2(C)C. The molecule has 3 saturated carbocycles. The predicted octanol–water partition coefficient (Wildman–Crippen LogP) is 3.63. The molecular weight excluding hydrogens is 578 g/mol. The molecule has 0 bridgehead atoms. The lowest BCUT2D eigenvalue weighted by atomic mass is 9.78. The van der Waals surface area contributed by atoms with Gasteiger partial charge in [0, 0.05) is 17.3 Å². The van der Waals surface area contributed by atoms with Crippen molar-refractivity contribution in [2.45, 2.75) is 128 Å². The summed E-state index contributed by atoms with van der Waals surface area (Å²) in [7, 11) is 0. The van der Waals surface area contributed by atoms with Crippen LogP contribution in [-0.2, 0) is 19.2 Å². The predicted molar refractivity (Wildman–Crippen MR) is 170 cm³/mol. The number of rotatable bonds is 11. The van der Waals surface area contributed by atoms with Crippen LogP contribution >= 0.6 is 11.8 Å². The smallest absolute Gasteiger partial charge is 0.315 e. The van der Waals surface area contributed by atoms with Crippen LogP contribution < -0.4 is 21.7 Å². The number of allylic oxidation sites excluding steroid dienone is 1. The molecule has 10 nitrogen and oxygen atoms in total. The van der Waals surface area contributed by atoms with E-state index in [4.69, 9.17) is 5.73 Å². The molecule has 0 aromatic carbocycles. The number of thioether (sulfide) groups is 1. The summed E-state index contributed by atoms with van der Waals surface area (Å²) in [5.41, 5.74) is 4.25. The summed E-state index contributed by atoms with van der Waals surface area (Å²) in [5.74, 6) is -2.27. The molecule has 6 atom stereocenters. The second-order valence-corrected chi connectivity index (χ2v) is 16.9. The van der Waals surface area contributed by atoms with Crippen molar-refractivity contribution >= 4 is 41.3 Å². The number of Topliss-reactive ketones (excluding diaryl/α,β-unsaturated/α-hetero) is 1. The molecule has 244 valence electrons. The normalized spacial score (nSPS) is 29.7. The number of fused-ring (bicyclic) bond motifs is 1. The van der Waals surface area contributed by atoms with Gasteiger partial charge in [0.1, 0.15) is 12.1 Å². The maximum absolute atomic E-state index is 14.3. The van der Waals surface area contributed by atoms with Gasteiger partial charge in [0.25, 0.3) is 5.91 Å². The number of piperidine rings is 1. The molecule has 5 rings (SSSR count). The third-order valence-electron chi connectivity index (χ3n) is 10.9. The summed E-state index contributed by atoms with van der Waals surface area (Å²) in [6.07, 6.45) is 11.5. The number of hydrogen-bond donors (Lipinski definition) is 4. The quantitative estimate of drug-likeness (QED) is 0.256. The van der Waals surface area contributed by atoms with Crippen LogP contribution in [0.15, 0.2) is 11.5 Å². The molecule has 4 fully saturated rings. The average molecular weight is 630 g/mol. The highest BCUT2D eigenvalue weighted by Crippen LogP contribution is 2.65. The van der Waals surface area contributed by atoms with E-state index in [1.54, 1.807) is 4.90 Å². The molecule has 0 aromatic heterocycles. The highest BCUT2D eigenvalue weighted by Gasteiger charge is 2.70. The Bertz CT molecular complexity index is 1190. The van der Waals surface area contributed by atoms with E-state index in [0.29, 0.717) is 18.2 Å². The van der Waals surface area contributed by atoms with Crippen LogP contribution in [0.1, 0.15) is 98.8 Å². The number of primary amides is 1. The summed E-state index contributed by atoms with van der Waals surface area (Å²) in [6.45, 7) is 10.3. The fraction of sp³-hybridized carbons (Fsp3) is 0.788. The van der Waals surface area contributed by atoms with Crippen molar-refractivity contribution < 1.29 is 24.0 Å². The molecule has 1 saturated heterocycles. The first-order valence-electron chi connectivity index (χ1n) is 16.5. The zero-order chi connectivity index (χ0) is 32.0. The summed E-state index contributed by atoms with van der Waals surface area (Å²) < 4.78 is 0. The lowest BCUT2D eigenvalue weighted by molar-refractivity contribution is -0.145. The van der Waals surface area contributed by atoms with E-state index in [2.05, 4.69) is 41.3 Å². The fourth-order valence-corrected chi connectivity index (χ4v) is 9.07. The molecule has 5 amide bonds. The highest BCUT2D eigenvalue weighted by atomic mass is 32.2. The Labute approximate surface area is 265 Å². The molecule has 3 aliphatic carbocycles. The second-order valence-electron chi connectivity index (χ2n) is 15.7. The van der Waals surface area contributed by atoms with E-state index in [0.717, 1.165) is 57.8 Å². The zero-order valence-electron chi connectivity index (χ0n) is 26.9. The molecule has 0 radical (unpaired) electrons. The number of hydrogen-bond acceptors (Lipinski definition) is 6. The van der Waals surface area contributed by atoms with Crippen LogP contribution in [-0.4, -0.2) is 69.9 Å². The van der Waals surface area contributed by atoms with Crippen LogP contribution in [0.25, 0.3) is 0 Å². The first-order valence-corrected chi connectivity index (χ1v) is 17.4. The van der Waals surface area contributed by atoms with Crippen LogP contribution in [0.3, 0.4) is 0 Å². The van der Waals surface area contributed by atoms with Crippen LogP contribution in [0.4, 0.5) is 4.79 Å². The number of carbonyl (C=O) groups is 5. The second kappa shape index (κ2) is 12.3. The molecule has 44 heavy (non-hydrogen) atoms. The molecule has 2 aliphatic heterocycles. The summed E-state index contributed by atoms with van der Waals surface area (Å²) in [6, 6.07) is -3.00. The van der Waals surface area contributed by atoms with E-state index in [1.165, 1.54) is 0 Å². The highest BCUT2D eigenvalue weighted by molar-refractivity contribution is 8.03. The van der Waals surface area contributed by atoms with Crippen LogP contribution in [0.5, 0.6) is 0 Å². The number of urea groups is 1. The minimum absolute atomic E-state index is 0.0748. The van der Waals surface area contributed by atoms with Gasteiger partial charge in [-0.2, -0.15) is 0 Å². The van der Waals surface area contributed by atoms with Gasteiger partial charge in [-0.15, -0.1) is 11.8 Å². The third kappa shape index (κ3) is 6.97. The van der Waals surface area contributed by atoms with Gasteiger partial charge in [0.2, 0.25) is 17.6 Å². The number of nitrogens with two attached hydrogens (primary N) is 1. The summed E-state index contributed by atoms with van der Waals surface area (Å²) >= 11 is 1.82. The Balaban J connectivity index is 1.32. The first kappa shape index (κ1) is 32.8. The summed E-state index contributed by atoms with van der Waals surface area (Å²) in [5, 5.41) is 11.8. The lowest BCUT2D eigenvalue weighted by Crippen LogP contribution is -2.63. The minimum Gasteiger partial charge on any atom is -0.363 e. The molecule has 5 N–H and O–H groups in total. The van der Waals surface area contributed by atoms with Crippen molar-refractivity contribution in [3.8, 4) is 0 Å². The number of carbonyl (C=O) groups excluding carboxylic acids is 5. The topological polar surface area (TPSA) is 151 Å². The van der Waals surface area contributed by atoms with E-state index < -0.39 is 41.1 Å². The minimum atomic E-state index is -1.07. The van der Waals surface area contributed by atoms with E-state index >= 15 is 0 Å². The van der Waals surface area contributed by atoms with Crippen molar-refractivity contribution in [1.29, 1.82) is 0 Å². The van der Waals surface area contributed by atoms with Crippen molar-refractivity contribution in [3.63, 3.8) is 0 Å². The first-order chi connectivity index (χ1) is 20.6. The van der Waals surface area contributed by atoms with E-state index in [-0.39, 0.29) is 40.6 Å². The number of nitrogens with zero attached hydrogens (tertiary/aromatic N) is 1. The maximum Gasteiger partial charge on any atom is 0.315 e. The van der Waals surface area contributed by atoms with Gasteiger partial charge >= 0.3 is 6.03 Å². The maximum atomic E-state index is 14.3. The van der Waals surface area contributed by atoms with Gasteiger partial charge in [-0.05, 0) is 66.1 Å². The van der Waals surface area contributed by atoms with Gasteiger partial charge in [-0.3, -0.25) is 19.2 Å². The molecule has 0 aromatic rings. The lowest BCUT2D eigenvalue weighted by Gasteiger charge is -2.41. The molecule has 0 spiro atoms. The largest absolute Gasteiger partial charge is 0.363 e. The Hall–Kier alpha value is -2.56. The Kier molecular flexibility index (Phi) is 9.19. The van der Waals surface area contributed by atoms with Crippen LogP contribution in [0.2, 0.25) is 0 Å². The number of ketones is 1. The van der Waals surface area contributed by atoms with Gasteiger partial charge in [-0.1, -0.05) is 72.8 Å². The van der Waals surface area contributed by atoms with Crippen molar-refractivity contribution in [2.75, 3.05) is 6.54 Å². The average Bonchev–Trinajstić information content (AvgIpc) is 3.66. The Morgan fingerprint density at radius 2 is 1.73 bits per heavy atom.